The van der Waals surface area contributed by atoms with Gasteiger partial charge in [0, 0.05) is 10.9 Å². The quantitative estimate of drug-likeness (QED) is 0.832. The fraction of sp³-hybridized carbons (Fsp3) is 0.429. The predicted molar refractivity (Wildman–Crippen MR) is 79.4 cm³/mol. The van der Waals surface area contributed by atoms with E-state index in [-0.39, 0.29) is 11.9 Å². The molecule has 1 amide bonds. The standard InChI is InChI=1S/C14H19N3OS/c1-9(2)15-13-16-12(18)14(3,17-13)10-5-7-11(19-4)8-6-10/h5-9H,1-4H3,(H2,15,16,17,18). The van der Waals surface area contributed by atoms with Crippen LogP contribution in [0.25, 0.3) is 0 Å². The fourth-order valence-electron chi connectivity index (χ4n) is 2.01. The van der Waals surface area contributed by atoms with Crippen LogP contribution in [0.4, 0.5) is 0 Å². The highest BCUT2D eigenvalue weighted by molar-refractivity contribution is 7.98. The molecular formula is C14H19N3OS. The number of benzene rings is 1. The Kier molecular flexibility index (Phi) is 3.85. The highest BCUT2D eigenvalue weighted by atomic mass is 32.2. The molecule has 0 radical (unpaired) electrons. The van der Waals surface area contributed by atoms with Gasteiger partial charge in [-0.05, 0) is 44.7 Å². The molecule has 0 aliphatic carbocycles. The van der Waals surface area contributed by atoms with Crippen LogP contribution in [0.3, 0.4) is 0 Å². The molecule has 102 valence electrons. The van der Waals surface area contributed by atoms with Crippen LogP contribution in [-0.4, -0.2) is 24.2 Å². The number of nitrogens with zero attached hydrogens (tertiary/aromatic N) is 1. The number of guanidine groups is 1. The Morgan fingerprint density at radius 3 is 2.42 bits per heavy atom. The number of rotatable bonds is 3. The highest BCUT2D eigenvalue weighted by Crippen LogP contribution is 2.26. The molecule has 19 heavy (non-hydrogen) atoms. The van der Waals surface area contributed by atoms with Crippen molar-refractivity contribution in [2.24, 2.45) is 4.99 Å². The van der Waals surface area contributed by atoms with Crippen molar-refractivity contribution in [3.05, 3.63) is 29.8 Å². The van der Waals surface area contributed by atoms with Gasteiger partial charge in [0.2, 0.25) is 0 Å². The van der Waals surface area contributed by atoms with E-state index < -0.39 is 5.54 Å². The van der Waals surface area contributed by atoms with Gasteiger partial charge in [0.05, 0.1) is 0 Å². The van der Waals surface area contributed by atoms with Gasteiger partial charge in [0.1, 0.15) is 5.54 Å². The summed E-state index contributed by atoms with van der Waals surface area (Å²) < 4.78 is 0. The molecule has 0 saturated carbocycles. The van der Waals surface area contributed by atoms with Crippen LogP contribution in [0.15, 0.2) is 34.2 Å². The van der Waals surface area contributed by atoms with Crippen LogP contribution in [0.1, 0.15) is 26.3 Å². The Morgan fingerprint density at radius 1 is 1.26 bits per heavy atom. The van der Waals surface area contributed by atoms with E-state index in [2.05, 4.69) is 15.6 Å². The molecule has 1 saturated heterocycles. The maximum atomic E-state index is 12.2. The number of amides is 1. The van der Waals surface area contributed by atoms with Gasteiger partial charge in [-0.15, -0.1) is 11.8 Å². The molecule has 5 heteroatoms. The zero-order valence-corrected chi connectivity index (χ0v) is 12.5. The van der Waals surface area contributed by atoms with Gasteiger partial charge in [-0.2, -0.15) is 0 Å². The van der Waals surface area contributed by atoms with Gasteiger partial charge >= 0.3 is 0 Å². The number of thioether (sulfide) groups is 1. The van der Waals surface area contributed by atoms with E-state index in [0.29, 0.717) is 5.96 Å². The third kappa shape index (κ3) is 2.76. The normalized spacial score (nSPS) is 24.7. The summed E-state index contributed by atoms with van der Waals surface area (Å²) in [5.74, 6) is 0.486. The van der Waals surface area contributed by atoms with Gasteiger partial charge in [0.15, 0.2) is 5.96 Å². The largest absolute Gasteiger partial charge is 0.338 e. The molecule has 0 spiro atoms. The number of nitrogens with one attached hydrogen (secondary N) is 2. The summed E-state index contributed by atoms with van der Waals surface area (Å²) in [7, 11) is 0. The van der Waals surface area contributed by atoms with Crippen molar-refractivity contribution in [1.82, 2.24) is 10.6 Å². The molecule has 1 aromatic carbocycles. The second-order valence-electron chi connectivity index (χ2n) is 5.00. The molecule has 1 aliphatic heterocycles. The molecular weight excluding hydrogens is 258 g/mol. The van der Waals surface area contributed by atoms with Gasteiger partial charge in [-0.1, -0.05) is 12.1 Å². The fourth-order valence-corrected chi connectivity index (χ4v) is 2.42. The first-order valence-electron chi connectivity index (χ1n) is 6.27. The highest BCUT2D eigenvalue weighted by Gasteiger charge is 2.42. The monoisotopic (exact) mass is 277 g/mol. The minimum Gasteiger partial charge on any atom is -0.338 e. The zero-order chi connectivity index (χ0) is 14.0. The summed E-state index contributed by atoms with van der Waals surface area (Å²) in [5.41, 5.74) is 0.196. The van der Waals surface area contributed by atoms with Crippen molar-refractivity contribution in [3.63, 3.8) is 0 Å². The number of aliphatic imine (C=N–C) groups is 1. The molecule has 0 aromatic heterocycles. The lowest BCUT2D eigenvalue weighted by Gasteiger charge is -2.21. The predicted octanol–water partition coefficient (Wildman–Crippen LogP) is 2.11. The van der Waals surface area contributed by atoms with Crippen LogP contribution in [-0.2, 0) is 10.3 Å². The Labute approximate surface area is 118 Å². The summed E-state index contributed by atoms with van der Waals surface area (Å²) in [5, 5.41) is 5.98. The van der Waals surface area contributed by atoms with Gasteiger partial charge in [0.25, 0.3) is 5.91 Å². The van der Waals surface area contributed by atoms with E-state index in [0.717, 1.165) is 5.56 Å². The van der Waals surface area contributed by atoms with Gasteiger partial charge in [-0.25, -0.2) is 0 Å². The van der Waals surface area contributed by atoms with Crippen molar-refractivity contribution in [2.75, 3.05) is 6.26 Å². The molecule has 1 unspecified atom stereocenters. The van der Waals surface area contributed by atoms with Crippen molar-refractivity contribution >= 4 is 23.6 Å². The average molecular weight is 277 g/mol. The van der Waals surface area contributed by atoms with Crippen molar-refractivity contribution < 1.29 is 4.79 Å². The van der Waals surface area contributed by atoms with E-state index in [4.69, 9.17) is 0 Å². The zero-order valence-electron chi connectivity index (χ0n) is 11.7. The number of carbonyl (C=O) groups excluding carboxylic acids is 1. The summed E-state index contributed by atoms with van der Waals surface area (Å²) in [4.78, 5) is 17.7. The summed E-state index contributed by atoms with van der Waals surface area (Å²) in [6.07, 6.45) is 2.03. The first-order chi connectivity index (χ1) is 8.95. The smallest absolute Gasteiger partial charge is 0.256 e. The average Bonchev–Trinajstić information content (AvgIpc) is 2.65. The van der Waals surface area contributed by atoms with Crippen molar-refractivity contribution in [1.29, 1.82) is 0 Å². The first kappa shape index (κ1) is 13.9. The molecule has 1 atom stereocenters. The third-order valence-corrected chi connectivity index (χ3v) is 3.85. The van der Waals surface area contributed by atoms with Crippen LogP contribution in [0, 0.1) is 0 Å². The lowest BCUT2D eigenvalue weighted by molar-refractivity contribution is -0.123. The minimum atomic E-state index is -0.745. The SMILES string of the molecule is CSc1ccc(C2(C)NC(=NC(C)C)NC2=O)cc1. The van der Waals surface area contributed by atoms with Crippen LogP contribution in [0.5, 0.6) is 0 Å². The van der Waals surface area contributed by atoms with Crippen LogP contribution < -0.4 is 10.6 Å². The Bertz CT molecular complexity index is 510. The summed E-state index contributed by atoms with van der Waals surface area (Å²) in [6, 6.07) is 8.16. The van der Waals surface area contributed by atoms with Crippen molar-refractivity contribution in [2.45, 2.75) is 37.2 Å². The Balaban J connectivity index is 2.29. The lowest BCUT2D eigenvalue weighted by Crippen LogP contribution is -2.40. The molecule has 4 nitrogen and oxygen atoms in total. The number of carbonyl (C=O) groups is 1. The maximum Gasteiger partial charge on any atom is 0.256 e. The third-order valence-electron chi connectivity index (χ3n) is 3.11. The Hall–Kier alpha value is -1.49. The molecule has 1 heterocycles. The van der Waals surface area contributed by atoms with Gasteiger partial charge in [-0.3, -0.25) is 15.1 Å². The maximum absolute atomic E-state index is 12.2. The molecule has 1 fully saturated rings. The molecule has 1 aromatic rings. The van der Waals surface area contributed by atoms with Crippen molar-refractivity contribution in [3.8, 4) is 0 Å². The first-order valence-corrected chi connectivity index (χ1v) is 7.50. The Morgan fingerprint density at radius 2 is 1.89 bits per heavy atom. The van der Waals surface area contributed by atoms with Gasteiger partial charge < -0.3 is 5.32 Å². The molecule has 2 rings (SSSR count). The second kappa shape index (κ2) is 5.25. The van der Waals surface area contributed by atoms with E-state index in [1.165, 1.54) is 4.90 Å². The molecule has 1 aliphatic rings. The van der Waals surface area contributed by atoms with Crippen LogP contribution in [0.2, 0.25) is 0 Å². The van der Waals surface area contributed by atoms with E-state index in [1.54, 1.807) is 11.8 Å². The molecule has 0 bridgehead atoms. The topological polar surface area (TPSA) is 53.5 Å². The second-order valence-corrected chi connectivity index (χ2v) is 5.88. The summed E-state index contributed by atoms with van der Waals surface area (Å²) in [6.45, 7) is 5.83. The number of hydrogen-bond donors (Lipinski definition) is 2. The van der Waals surface area contributed by atoms with E-state index in [1.807, 2.05) is 51.3 Å². The van der Waals surface area contributed by atoms with E-state index >= 15 is 0 Å². The summed E-state index contributed by atoms with van der Waals surface area (Å²) >= 11 is 1.68. The minimum absolute atomic E-state index is 0.0659. The lowest BCUT2D eigenvalue weighted by atomic mass is 9.92. The van der Waals surface area contributed by atoms with E-state index in [9.17, 15) is 4.79 Å². The number of hydrogen-bond acceptors (Lipinski definition) is 3. The molecule has 2 N–H and O–H groups in total. The van der Waals surface area contributed by atoms with Crippen LogP contribution >= 0.6 is 11.8 Å².